The van der Waals surface area contributed by atoms with Crippen molar-refractivity contribution < 1.29 is 5.11 Å². The summed E-state index contributed by atoms with van der Waals surface area (Å²) in [6.07, 6.45) is 2.87. The van der Waals surface area contributed by atoms with Gasteiger partial charge >= 0.3 is 0 Å². The predicted octanol–water partition coefficient (Wildman–Crippen LogP) is 2.80. The van der Waals surface area contributed by atoms with Crippen LogP contribution in [0.25, 0.3) is 0 Å². The molecule has 1 heteroatoms. The normalized spacial score (nSPS) is 32.1. The quantitative estimate of drug-likeness (QED) is 0.722. The average molecular weight is 190 g/mol. The van der Waals surface area contributed by atoms with Gasteiger partial charge in [-0.25, -0.2) is 0 Å². The average Bonchev–Trinajstić information content (AvgIpc) is 2.48. The SMILES string of the molecule is Cc1cccc(C2(C)CCC(O)C2)c1. The largest absolute Gasteiger partial charge is 0.393 e. The fraction of sp³-hybridized carbons (Fsp3) is 0.538. The van der Waals surface area contributed by atoms with E-state index in [1.165, 1.54) is 11.1 Å². The first-order valence-corrected chi connectivity index (χ1v) is 5.35. The Balaban J connectivity index is 2.30. The fourth-order valence-electron chi connectivity index (χ4n) is 2.49. The highest BCUT2D eigenvalue weighted by Gasteiger charge is 2.35. The predicted molar refractivity (Wildman–Crippen MR) is 58.4 cm³/mol. The lowest BCUT2D eigenvalue weighted by atomic mass is 9.80. The Morgan fingerprint density at radius 1 is 1.43 bits per heavy atom. The van der Waals surface area contributed by atoms with Crippen LogP contribution in [-0.2, 0) is 5.41 Å². The molecule has 1 nitrogen and oxygen atoms in total. The summed E-state index contributed by atoms with van der Waals surface area (Å²) >= 11 is 0. The second-order valence-corrected chi connectivity index (χ2v) is 4.83. The Morgan fingerprint density at radius 2 is 2.21 bits per heavy atom. The molecule has 0 aliphatic heterocycles. The molecule has 0 amide bonds. The second-order valence-electron chi connectivity index (χ2n) is 4.83. The van der Waals surface area contributed by atoms with Gasteiger partial charge in [0.15, 0.2) is 0 Å². The van der Waals surface area contributed by atoms with Crippen LogP contribution in [0.1, 0.15) is 37.3 Å². The Bertz CT molecular complexity index is 332. The van der Waals surface area contributed by atoms with Crippen molar-refractivity contribution in [3.8, 4) is 0 Å². The fourth-order valence-corrected chi connectivity index (χ4v) is 2.49. The van der Waals surface area contributed by atoms with E-state index in [1.54, 1.807) is 0 Å². The molecule has 0 radical (unpaired) electrons. The summed E-state index contributed by atoms with van der Waals surface area (Å²) in [5.74, 6) is 0. The van der Waals surface area contributed by atoms with Crippen molar-refractivity contribution in [1.29, 1.82) is 0 Å². The van der Waals surface area contributed by atoms with Crippen LogP contribution in [0.4, 0.5) is 0 Å². The maximum absolute atomic E-state index is 9.60. The van der Waals surface area contributed by atoms with Crippen molar-refractivity contribution in [2.45, 2.75) is 44.6 Å². The van der Waals surface area contributed by atoms with Crippen LogP contribution in [0.5, 0.6) is 0 Å². The van der Waals surface area contributed by atoms with Crippen LogP contribution in [0.15, 0.2) is 24.3 Å². The van der Waals surface area contributed by atoms with E-state index in [0.29, 0.717) is 0 Å². The number of hydrogen-bond donors (Lipinski definition) is 1. The van der Waals surface area contributed by atoms with Gasteiger partial charge in [-0.15, -0.1) is 0 Å². The van der Waals surface area contributed by atoms with Crippen LogP contribution in [-0.4, -0.2) is 11.2 Å². The monoisotopic (exact) mass is 190 g/mol. The minimum absolute atomic E-state index is 0.0967. The first-order chi connectivity index (χ1) is 6.60. The number of hydrogen-bond acceptors (Lipinski definition) is 1. The molecular formula is C13H18O. The zero-order valence-corrected chi connectivity index (χ0v) is 8.96. The number of aryl methyl sites for hydroxylation is 1. The lowest BCUT2D eigenvalue weighted by molar-refractivity contribution is 0.175. The van der Waals surface area contributed by atoms with Crippen molar-refractivity contribution in [3.05, 3.63) is 35.4 Å². The molecule has 2 rings (SSSR count). The van der Waals surface area contributed by atoms with Crippen LogP contribution in [0.3, 0.4) is 0 Å². The van der Waals surface area contributed by atoms with Gasteiger partial charge in [-0.2, -0.15) is 0 Å². The molecular weight excluding hydrogens is 172 g/mol. The molecule has 0 spiro atoms. The van der Waals surface area contributed by atoms with E-state index in [9.17, 15) is 5.11 Å². The van der Waals surface area contributed by atoms with E-state index >= 15 is 0 Å². The summed E-state index contributed by atoms with van der Waals surface area (Å²) in [5, 5.41) is 9.60. The van der Waals surface area contributed by atoms with Gasteiger partial charge in [0, 0.05) is 0 Å². The van der Waals surface area contributed by atoms with E-state index in [1.807, 2.05) is 0 Å². The van der Waals surface area contributed by atoms with Gasteiger partial charge in [-0.05, 0) is 37.2 Å². The van der Waals surface area contributed by atoms with Crippen LogP contribution < -0.4 is 0 Å². The topological polar surface area (TPSA) is 20.2 Å². The molecule has 2 atom stereocenters. The summed E-state index contributed by atoms with van der Waals surface area (Å²) in [6, 6.07) is 8.67. The van der Waals surface area contributed by atoms with Crippen LogP contribution in [0.2, 0.25) is 0 Å². The zero-order valence-electron chi connectivity index (χ0n) is 8.96. The van der Waals surface area contributed by atoms with Gasteiger partial charge in [-0.3, -0.25) is 0 Å². The Labute approximate surface area is 85.8 Å². The van der Waals surface area contributed by atoms with E-state index in [0.717, 1.165) is 19.3 Å². The Morgan fingerprint density at radius 3 is 2.79 bits per heavy atom. The first kappa shape index (κ1) is 9.72. The molecule has 2 unspecified atom stereocenters. The molecule has 1 N–H and O–H groups in total. The molecule has 76 valence electrons. The zero-order chi connectivity index (χ0) is 10.2. The van der Waals surface area contributed by atoms with Crippen molar-refractivity contribution >= 4 is 0 Å². The lowest BCUT2D eigenvalue weighted by Gasteiger charge is -2.24. The maximum Gasteiger partial charge on any atom is 0.0549 e. The number of rotatable bonds is 1. The van der Waals surface area contributed by atoms with Gasteiger partial charge in [0.1, 0.15) is 0 Å². The first-order valence-electron chi connectivity index (χ1n) is 5.35. The Kier molecular flexibility index (Phi) is 2.36. The number of aliphatic hydroxyl groups is 1. The molecule has 0 bridgehead atoms. The van der Waals surface area contributed by atoms with Crippen LogP contribution in [0, 0.1) is 6.92 Å². The van der Waals surface area contributed by atoms with Crippen molar-refractivity contribution in [2.24, 2.45) is 0 Å². The van der Waals surface area contributed by atoms with Gasteiger partial charge in [0.25, 0.3) is 0 Å². The van der Waals surface area contributed by atoms with Crippen LogP contribution >= 0.6 is 0 Å². The summed E-state index contributed by atoms with van der Waals surface area (Å²) in [4.78, 5) is 0. The molecule has 1 aromatic carbocycles. The smallest absolute Gasteiger partial charge is 0.0549 e. The number of aliphatic hydroxyl groups excluding tert-OH is 1. The molecule has 0 aromatic heterocycles. The molecule has 1 aliphatic rings. The van der Waals surface area contributed by atoms with Crippen molar-refractivity contribution in [2.75, 3.05) is 0 Å². The summed E-state index contributed by atoms with van der Waals surface area (Å²) in [7, 11) is 0. The highest BCUT2D eigenvalue weighted by molar-refractivity contribution is 5.30. The lowest BCUT2D eigenvalue weighted by Crippen LogP contribution is -2.18. The molecule has 0 saturated heterocycles. The molecule has 1 saturated carbocycles. The van der Waals surface area contributed by atoms with E-state index in [-0.39, 0.29) is 11.5 Å². The maximum atomic E-state index is 9.60. The molecule has 1 fully saturated rings. The van der Waals surface area contributed by atoms with Crippen molar-refractivity contribution in [3.63, 3.8) is 0 Å². The highest BCUT2D eigenvalue weighted by atomic mass is 16.3. The van der Waals surface area contributed by atoms with Gasteiger partial charge in [0.2, 0.25) is 0 Å². The summed E-state index contributed by atoms with van der Waals surface area (Å²) in [5.41, 5.74) is 2.89. The van der Waals surface area contributed by atoms with E-state index < -0.39 is 0 Å². The molecule has 1 aliphatic carbocycles. The van der Waals surface area contributed by atoms with Gasteiger partial charge < -0.3 is 5.11 Å². The third-order valence-corrected chi connectivity index (χ3v) is 3.43. The second kappa shape index (κ2) is 3.39. The minimum Gasteiger partial charge on any atom is -0.393 e. The van der Waals surface area contributed by atoms with E-state index in [4.69, 9.17) is 0 Å². The van der Waals surface area contributed by atoms with Gasteiger partial charge in [-0.1, -0.05) is 36.8 Å². The molecule has 1 aromatic rings. The Hall–Kier alpha value is -0.820. The standard InChI is InChI=1S/C13H18O/c1-10-4-3-5-11(8-10)13(2)7-6-12(14)9-13/h3-5,8,12,14H,6-7,9H2,1-2H3. The minimum atomic E-state index is -0.0967. The van der Waals surface area contributed by atoms with Crippen molar-refractivity contribution in [1.82, 2.24) is 0 Å². The van der Waals surface area contributed by atoms with E-state index in [2.05, 4.69) is 38.1 Å². The highest BCUT2D eigenvalue weighted by Crippen LogP contribution is 2.40. The number of benzene rings is 1. The third-order valence-electron chi connectivity index (χ3n) is 3.43. The summed E-state index contributed by atoms with van der Waals surface area (Å²) < 4.78 is 0. The molecule has 0 heterocycles. The third kappa shape index (κ3) is 1.69. The molecule has 14 heavy (non-hydrogen) atoms. The van der Waals surface area contributed by atoms with Gasteiger partial charge in [0.05, 0.1) is 6.10 Å². The summed E-state index contributed by atoms with van der Waals surface area (Å²) in [6.45, 7) is 4.39.